The summed E-state index contributed by atoms with van der Waals surface area (Å²) in [5.41, 5.74) is 0.981. The molecule has 0 heterocycles. The summed E-state index contributed by atoms with van der Waals surface area (Å²) in [6.07, 6.45) is 0. The normalized spacial score (nSPS) is 12.0. The Kier molecular flexibility index (Phi) is 7.35. The van der Waals surface area contributed by atoms with Gasteiger partial charge in [-0.3, -0.25) is 4.90 Å². The largest absolute Gasteiger partial charge is 0.433 e. The van der Waals surface area contributed by atoms with Crippen molar-refractivity contribution in [3.8, 4) is 5.75 Å². The van der Waals surface area contributed by atoms with E-state index in [0.29, 0.717) is 6.04 Å². The van der Waals surface area contributed by atoms with Crippen molar-refractivity contribution in [1.29, 1.82) is 0 Å². The number of likely N-dealkylation sites (N-methyl/N-ethyl adjacent to an activating group) is 1. The van der Waals surface area contributed by atoms with Gasteiger partial charge in [-0.1, -0.05) is 17.7 Å². The number of hydrogen-bond acceptors (Lipinski definition) is 3. The number of rotatable bonds is 8. The van der Waals surface area contributed by atoms with Crippen LogP contribution in [0.5, 0.6) is 5.75 Å². The molecule has 0 aromatic heterocycles. The van der Waals surface area contributed by atoms with Crippen LogP contribution >= 0.6 is 11.6 Å². The molecule has 0 N–H and O–H groups in total. The van der Waals surface area contributed by atoms with Crippen LogP contribution in [0.1, 0.15) is 19.4 Å². The SMILES string of the molecule is CC(C)N(CCN(C)C)Cc1ccc(OC(F)F)c(Cl)c1. The Morgan fingerprint density at radius 1 is 1.19 bits per heavy atom. The van der Waals surface area contributed by atoms with E-state index in [1.54, 1.807) is 12.1 Å². The second kappa shape index (κ2) is 8.51. The zero-order valence-corrected chi connectivity index (χ0v) is 13.7. The minimum atomic E-state index is -2.86. The van der Waals surface area contributed by atoms with Crippen LogP contribution in [0.4, 0.5) is 8.78 Å². The smallest absolute Gasteiger partial charge is 0.387 e. The van der Waals surface area contributed by atoms with Crippen LogP contribution in [-0.2, 0) is 6.54 Å². The molecule has 0 amide bonds. The number of benzene rings is 1. The van der Waals surface area contributed by atoms with E-state index in [-0.39, 0.29) is 10.8 Å². The van der Waals surface area contributed by atoms with Gasteiger partial charge in [0.05, 0.1) is 5.02 Å². The molecule has 0 fully saturated rings. The molecule has 1 rings (SSSR count). The van der Waals surface area contributed by atoms with E-state index in [1.165, 1.54) is 6.07 Å². The fraction of sp³-hybridized carbons (Fsp3) is 0.600. The van der Waals surface area contributed by atoms with Gasteiger partial charge in [-0.25, -0.2) is 0 Å². The van der Waals surface area contributed by atoms with Gasteiger partial charge < -0.3 is 9.64 Å². The molecule has 0 aliphatic heterocycles. The Morgan fingerprint density at radius 3 is 2.33 bits per heavy atom. The number of halogens is 3. The van der Waals surface area contributed by atoms with E-state index in [4.69, 9.17) is 11.6 Å². The third kappa shape index (κ3) is 6.59. The lowest BCUT2D eigenvalue weighted by molar-refractivity contribution is -0.0498. The first kappa shape index (κ1) is 18.1. The van der Waals surface area contributed by atoms with Gasteiger partial charge in [0, 0.05) is 25.7 Å². The van der Waals surface area contributed by atoms with Gasteiger partial charge in [0.25, 0.3) is 0 Å². The average molecular weight is 321 g/mol. The van der Waals surface area contributed by atoms with Crippen molar-refractivity contribution in [3.63, 3.8) is 0 Å². The van der Waals surface area contributed by atoms with Crippen LogP contribution in [0.25, 0.3) is 0 Å². The lowest BCUT2D eigenvalue weighted by Crippen LogP contribution is -2.36. The molecule has 21 heavy (non-hydrogen) atoms. The Hall–Kier alpha value is -0.910. The van der Waals surface area contributed by atoms with E-state index in [2.05, 4.69) is 28.4 Å². The fourth-order valence-electron chi connectivity index (χ4n) is 1.92. The Morgan fingerprint density at radius 2 is 1.86 bits per heavy atom. The standard InChI is InChI=1S/C15H23ClF2N2O/c1-11(2)20(8-7-19(3)4)10-12-5-6-14(13(16)9-12)21-15(17)18/h5-6,9,11,15H,7-8,10H2,1-4H3. The van der Waals surface area contributed by atoms with Crippen LogP contribution in [0.15, 0.2) is 18.2 Å². The predicted molar refractivity (Wildman–Crippen MR) is 82.2 cm³/mol. The Labute approximate surface area is 130 Å². The molecule has 0 atom stereocenters. The molecule has 0 aliphatic carbocycles. The van der Waals surface area contributed by atoms with Crippen LogP contribution in [0.3, 0.4) is 0 Å². The average Bonchev–Trinajstić information content (AvgIpc) is 2.36. The summed E-state index contributed by atoms with van der Waals surface area (Å²) >= 11 is 5.98. The highest BCUT2D eigenvalue weighted by Crippen LogP contribution is 2.27. The van der Waals surface area contributed by atoms with E-state index >= 15 is 0 Å². The molecule has 120 valence electrons. The molecule has 0 unspecified atom stereocenters. The molecule has 0 bridgehead atoms. The highest BCUT2D eigenvalue weighted by molar-refractivity contribution is 6.32. The molecule has 0 saturated heterocycles. The van der Waals surface area contributed by atoms with Gasteiger partial charge in [-0.15, -0.1) is 0 Å². The third-order valence-corrected chi connectivity index (χ3v) is 3.46. The zero-order valence-electron chi connectivity index (χ0n) is 12.9. The second-order valence-electron chi connectivity index (χ2n) is 5.51. The van der Waals surface area contributed by atoms with Crippen LogP contribution in [0.2, 0.25) is 5.02 Å². The Bertz CT molecular complexity index is 442. The maximum absolute atomic E-state index is 12.2. The minimum Gasteiger partial charge on any atom is -0.433 e. The van der Waals surface area contributed by atoms with Gasteiger partial charge in [0.15, 0.2) is 0 Å². The number of ether oxygens (including phenoxy) is 1. The summed E-state index contributed by atoms with van der Waals surface area (Å²) in [7, 11) is 4.07. The number of alkyl halides is 2. The van der Waals surface area contributed by atoms with Crippen LogP contribution < -0.4 is 4.74 Å². The fourth-order valence-corrected chi connectivity index (χ4v) is 2.16. The van der Waals surface area contributed by atoms with Crippen molar-refractivity contribution in [2.45, 2.75) is 33.0 Å². The topological polar surface area (TPSA) is 15.7 Å². The first-order valence-electron chi connectivity index (χ1n) is 6.91. The first-order valence-corrected chi connectivity index (χ1v) is 7.29. The molecule has 3 nitrogen and oxygen atoms in total. The van der Waals surface area contributed by atoms with E-state index < -0.39 is 6.61 Å². The quantitative estimate of drug-likeness (QED) is 0.726. The molecular formula is C15H23ClF2N2O. The molecule has 1 aromatic rings. The van der Waals surface area contributed by atoms with Gasteiger partial charge in [-0.2, -0.15) is 8.78 Å². The molecular weight excluding hydrogens is 298 g/mol. The molecule has 1 aromatic carbocycles. The lowest BCUT2D eigenvalue weighted by atomic mass is 10.1. The Balaban J connectivity index is 2.73. The van der Waals surface area contributed by atoms with Crippen molar-refractivity contribution in [1.82, 2.24) is 9.80 Å². The molecule has 0 spiro atoms. The van der Waals surface area contributed by atoms with E-state index in [1.807, 2.05) is 14.1 Å². The zero-order chi connectivity index (χ0) is 16.0. The van der Waals surface area contributed by atoms with Crippen molar-refractivity contribution in [3.05, 3.63) is 28.8 Å². The molecule has 6 heteroatoms. The minimum absolute atomic E-state index is 0.0137. The summed E-state index contributed by atoms with van der Waals surface area (Å²) in [5.74, 6) is 0.0137. The van der Waals surface area contributed by atoms with Crippen molar-refractivity contribution < 1.29 is 13.5 Å². The molecule has 0 radical (unpaired) electrons. The third-order valence-electron chi connectivity index (χ3n) is 3.16. The van der Waals surface area contributed by atoms with Gasteiger partial charge in [-0.05, 0) is 45.6 Å². The monoisotopic (exact) mass is 320 g/mol. The summed E-state index contributed by atoms with van der Waals surface area (Å²) in [4.78, 5) is 4.43. The number of hydrogen-bond donors (Lipinski definition) is 0. The number of nitrogens with zero attached hydrogens (tertiary/aromatic N) is 2. The van der Waals surface area contributed by atoms with Gasteiger partial charge in [0.2, 0.25) is 0 Å². The summed E-state index contributed by atoms with van der Waals surface area (Å²) in [6, 6.07) is 5.34. The predicted octanol–water partition coefficient (Wildman–Crippen LogP) is 3.71. The van der Waals surface area contributed by atoms with Crippen LogP contribution in [-0.4, -0.2) is 49.6 Å². The first-order chi connectivity index (χ1) is 9.79. The summed E-state index contributed by atoms with van der Waals surface area (Å²) in [5, 5.41) is 0.212. The van der Waals surface area contributed by atoms with Gasteiger partial charge in [0.1, 0.15) is 5.75 Å². The maximum Gasteiger partial charge on any atom is 0.387 e. The highest BCUT2D eigenvalue weighted by Gasteiger charge is 2.13. The van der Waals surface area contributed by atoms with Crippen molar-refractivity contribution in [2.75, 3.05) is 27.2 Å². The van der Waals surface area contributed by atoms with Crippen LogP contribution in [0, 0.1) is 0 Å². The van der Waals surface area contributed by atoms with Crippen molar-refractivity contribution in [2.24, 2.45) is 0 Å². The molecule has 0 aliphatic rings. The van der Waals surface area contributed by atoms with E-state index in [9.17, 15) is 8.78 Å². The molecule has 0 saturated carbocycles. The highest BCUT2D eigenvalue weighted by atomic mass is 35.5. The lowest BCUT2D eigenvalue weighted by Gasteiger charge is -2.28. The van der Waals surface area contributed by atoms with Crippen molar-refractivity contribution >= 4 is 11.6 Å². The van der Waals surface area contributed by atoms with Gasteiger partial charge >= 0.3 is 6.61 Å². The van der Waals surface area contributed by atoms with E-state index in [0.717, 1.165) is 25.2 Å². The second-order valence-corrected chi connectivity index (χ2v) is 5.92. The summed E-state index contributed by atoms with van der Waals surface area (Å²) < 4.78 is 28.7. The summed E-state index contributed by atoms with van der Waals surface area (Å²) in [6.45, 7) is 4.01. The maximum atomic E-state index is 12.2.